The smallest absolute Gasteiger partial charge is 0.337 e. The molecular formula is C12H17ClN2O2S. The lowest BCUT2D eigenvalue weighted by Crippen LogP contribution is -2.18. The maximum Gasteiger partial charge on any atom is 0.337 e. The van der Waals surface area contributed by atoms with Gasteiger partial charge in [-0.3, -0.25) is 0 Å². The standard InChI is InChI=1S/C12H17ClN2O2S/c1-7(3-4-18-2)15-11-9(12(16)17)5-8(14)6-10(11)13/h5-7,15H,3-4,14H2,1-2H3,(H,16,17). The Hall–Kier alpha value is -1.07. The fourth-order valence-electron chi connectivity index (χ4n) is 1.56. The van der Waals surface area contributed by atoms with E-state index in [-0.39, 0.29) is 11.6 Å². The van der Waals surface area contributed by atoms with Gasteiger partial charge in [0.05, 0.1) is 16.3 Å². The highest BCUT2D eigenvalue weighted by Crippen LogP contribution is 2.30. The lowest BCUT2D eigenvalue weighted by atomic mass is 10.1. The SMILES string of the molecule is CSCCC(C)Nc1c(Cl)cc(N)cc1C(=O)O. The minimum Gasteiger partial charge on any atom is -0.478 e. The summed E-state index contributed by atoms with van der Waals surface area (Å²) in [6, 6.07) is 3.12. The first-order chi connectivity index (χ1) is 8.45. The monoisotopic (exact) mass is 288 g/mol. The second-order valence-electron chi connectivity index (χ2n) is 4.06. The number of thioether (sulfide) groups is 1. The Morgan fingerprint density at radius 2 is 2.28 bits per heavy atom. The van der Waals surface area contributed by atoms with E-state index in [0.717, 1.165) is 12.2 Å². The van der Waals surface area contributed by atoms with E-state index in [9.17, 15) is 4.79 Å². The van der Waals surface area contributed by atoms with Gasteiger partial charge in [0.1, 0.15) is 0 Å². The molecule has 6 heteroatoms. The summed E-state index contributed by atoms with van der Waals surface area (Å²) in [6.45, 7) is 1.99. The number of nitrogens with one attached hydrogen (secondary N) is 1. The Balaban J connectivity index is 2.96. The van der Waals surface area contributed by atoms with Crippen LogP contribution in [0.4, 0.5) is 11.4 Å². The van der Waals surface area contributed by atoms with Crippen molar-refractivity contribution in [1.82, 2.24) is 0 Å². The van der Waals surface area contributed by atoms with Crippen molar-refractivity contribution in [2.75, 3.05) is 23.1 Å². The van der Waals surface area contributed by atoms with E-state index in [1.54, 1.807) is 17.8 Å². The van der Waals surface area contributed by atoms with E-state index in [2.05, 4.69) is 5.32 Å². The van der Waals surface area contributed by atoms with Gasteiger partial charge in [0.15, 0.2) is 0 Å². The first-order valence-electron chi connectivity index (χ1n) is 5.53. The summed E-state index contributed by atoms with van der Waals surface area (Å²) in [7, 11) is 0. The van der Waals surface area contributed by atoms with Crippen molar-refractivity contribution in [3.8, 4) is 0 Å². The zero-order valence-corrected chi connectivity index (χ0v) is 11.9. The second-order valence-corrected chi connectivity index (χ2v) is 5.45. The Labute approximate surface area is 116 Å². The van der Waals surface area contributed by atoms with Gasteiger partial charge < -0.3 is 16.2 Å². The number of benzene rings is 1. The third-order valence-corrected chi connectivity index (χ3v) is 3.43. The van der Waals surface area contributed by atoms with Crippen molar-refractivity contribution >= 4 is 40.7 Å². The summed E-state index contributed by atoms with van der Waals surface area (Å²) in [5, 5.41) is 12.6. The first-order valence-corrected chi connectivity index (χ1v) is 7.30. The van der Waals surface area contributed by atoms with E-state index in [0.29, 0.717) is 16.4 Å². The van der Waals surface area contributed by atoms with Crippen molar-refractivity contribution in [2.45, 2.75) is 19.4 Å². The van der Waals surface area contributed by atoms with E-state index in [1.165, 1.54) is 6.07 Å². The number of aromatic carboxylic acids is 1. The van der Waals surface area contributed by atoms with Gasteiger partial charge in [-0.05, 0) is 37.5 Å². The molecule has 1 atom stereocenters. The largest absolute Gasteiger partial charge is 0.478 e. The Bertz CT molecular complexity index is 440. The van der Waals surface area contributed by atoms with Gasteiger partial charge in [-0.15, -0.1) is 0 Å². The highest BCUT2D eigenvalue weighted by Gasteiger charge is 2.16. The van der Waals surface area contributed by atoms with Crippen LogP contribution in [0.15, 0.2) is 12.1 Å². The van der Waals surface area contributed by atoms with Crippen LogP contribution < -0.4 is 11.1 Å². The van der Waals surface area contributed by atoms with Gasteiger partial charge in [0.2, 0.25) is 0 Å². The second kappa shape index (κ2) is 6.75. The predicted octanol–water partition coefficient (Wildman–Crippen LogP) is 3.17. The summed E-state index contributed by atoms with van der Waals surface area (Å²) in [4.78, 5) is 11.2. The van der Waals surface area contributed by atoms with Crippen molar-refractivity contribution < 1.29 is 9.90 Å². The fraction of sp³-hybridized carbons (Fsp3) is 0.417. The predicted molar refractivity (Wildman–Crippen MR) is 78.9 cm³/mol. The van der Waals surface area contributed by atoms with Gasteiger partial charge >= 0.3 is 5.97 Å². The van der Waals surface area contributed by atoms with Gasteiger partial charge in [0.25, 0.3) is 0 Å². The molecule has 0 aliphatic heterocycles. The maximum absolute atomic E-state index is 11.2. The molecule has 4 N–H and O–H groups in total. The van der Waals surface area contributed by atoms with Crippen LogP contribution in [0.3, 0.4) is 0 Å². The molecule has 4 nitrogen and oxygen atoms in total. The molecule has 1 rings (SSSR count). The van der Waals surface area contributed by atoms with E-state index >= 15 is 0 Å². The highest BCUT2D eigenvalue weighted by molar-refractivity contribution is 7.98. The highest BCUT2D eigenvalue weighted by atomic mass is 35.5. The molecule has 1 aromatic rings. The quantitative estimate of drug-likeness (QED) is 0.701. The third kappa shape index (κ3) is 3.99. The minimum absolute atomic E-state index is 0.107. The van der Waals surface area contributed by atoms with Crippen molar-refractivity contribution in [2.24, 2.45) is 0 Å². The van der Waals surface area contributed by atoms with Crippen LogP contribution in [0.2, 0.25) is 5.02 Å². The van der Waals surface area contributed by atoms with Crippen LogP contribution in [0.5, 0.6) is 0 Å². The number of carboxylic acid groups (broad SMARTS) is 1. The van der Waals surface area contributed by atoms with Crippen molar-refractivity contribution in [3.63, 3.8) is 0 Å². The van der Waals surface area contributed by atoms with Crippen LogP contribution >= 0.6 is 23.4 Å². The lowest BCUT2D eigenvalue weighted by Gasteiger charge is -2.18. The number of nitrogen functional groups attached to an aromatic ring is 1. The number of rotatable bonds is 6. The van der Waals surface area contributed by atoms with Gasteiger partial charge in [-0.2, -0.15) is 11.8 Å². The molecule has 0 heterocycles. The molecule has 0 saturated carbocycles. The van der Waals surface area contributed by atoms with Crippen molar-refractivity contribution in [3.05, 3.63) is 22.7 Å². The number of carboxylic acids is 1. The van der Waals surface area contributed by atoms with E-state index < -0.39 is 5.97 Å². The summed E-state index contributed by atoms with van der Waals surface area (Å²) >= 11 is 7.79. The molecule has 0 saturated heterocycles. The molecule has 0 spiro atoms. The molecule has 0 amide bonds. The third-order valence-electron chi connectivity index (χ3n) is 2.49. The first kappa shape index (κ1) is 15.0. The summed E-state index contributed by atoms with van der Waals surface area (Å²) in [6.07, 6.45) is 2.96. The number of nitrogens with two attached hydrogens (primary N) is 1. The molecule has 0 aromatic heterocycles. The Kier molecular flexibility index (Phi) is 5.62. The average Bonchev–Trinajstić information content (AvgIpc) is 2.29. The fourth-order valence-corrected chi connectivity index (χ4v) is 2.43. The van der Waals surface area contributed by atoms with Crippen LogP contribution in [-0.4, -0.2) is 29.1 Å². The van der Waals surface area contributed by atoms with Crippen LogP contribution in [-0.2, 0) is 0 Å². The molecule has 100 valence electrons. The lowest BCUT2D eigenvalue weighted by molar-refractivity contribution is 0.0698. The van der Waals surface area contributed by atoms with Gasteiger partial charge in [0, 0.05) is 11.7 Å². The zero-order valence-electron chi connectivity index (χ0n) is 10.4. The van der Waals surface area contributed by atoms with Crippen LogP contribution in [0.1, 0.15) is 23.7 Å². The molecular weight excluding hydrogens is 272 g/mol. The molecule has 0 aliphatic rings. The molecule has 0 aliphatic carbocycles. The van der Waals surface area contributed by atoms with Crippen LogP contribution in [0.25, 0.3) is 0 Å². The molecule has 0 radical (unpaired) electrons. The average molecular weight is 289 g/mol. The molecule has 18 heavy (non-hydrogen) atoms. The summed E-state index contributed by atoms with van der Waals surface area (Å²) in [5.74, 6) is -0.0350. The number of carbonyl (C=O) groups is 1. The maximum atomic E-state index is 11.2. The summed E-state index contributed by atoms with van der Waals surface area (Å²) in [5.41, 5.74) is 6.49. The molecule has 0 bridgehead atoms. The van der Waals surface area contributed by atoms with E-state index in [1.807, 2.05) is 13.2 Å². The molecule has 0 fully saturated rings. The number of hydrogen-bond acceptors (Lipinski definition) is 4. The van der Waals surface area contributed by atoms with Gasteiger partial charge in [-0.25, -0.2) is 4.79 Å². The molecule has 1 aromatic carbocycles. The molecule has 1 unspecified atom stereocenters. The zero-order chi connectivity index (χ0) is 13.7. The normalized spacial score (nSPS) is 12.2. The number of halogens is 1. The number of anilines is 2. The Morgan fingerprint density at radius 3 is 2.83 bits per heavy atom. The van der Waals surface area contributed by atoms with E-state index in [4.69, 9.17) is 22.4 Å². The number of hydrogen-bond donors (Lipinski definition) is 3. The minimum atomic E-state index is -1.04. The summed E-state index contributed by atoms with van der Waals surface area (Å²) < 4.78 is 0. The van der Waals surface area contributed by atoms with Crippen molar-refractivity contribution in [1.29, 1.82) is 0 Å². The van der Waals surface area contributed by atoms with Crippen LogP contribution in [0, 0.1) is 0 Å². The van der Waals surface area contributed by atoms with Gasteiger partial charge in [-0.1, -0.05) is 11.6 Å². The topological polar surface area (TPSA) is 75.3 Å². The Morgan fingerprint density at radius 1 is 1.61 bits per heavy atom.